The van der Waals surface area contributed by atoms with E-state index >= 15 is 0 Å². The minimum atomic E-state index is -0.153. The van der Waals surface area contributed by atoms with E-state index in [0.717, 1.165) is 37.3 Å². The molecule has 0 saturated carbocycles. The molecule has 0 aliphatic carbocycles. The van der Waals surface area contributed by atoms with Crippen molar-refractivity contribution in [3.05, 3.63) is 42.2 Å². The lowest BCUT2D eigenvalue weighted by atomic mass is 10.00. The molecule has 4 rings (SSSR count). The molecule has 3 atom stereocenters. The van der Waals surface area contributed by atoms with Crippen molar-refractivity contribution in [2.24, 2.45) is 5.92 Å². The zero-order valence-electron chi connectivity index (χ0n) is 14.1. The van der Waals surface area contributed by atoms with E-state index in [2.05, 4.69) is 15.5 Å². The minimum Gasteiger partial charge on any atom is -0.451 e. The maximum atomic E-state index is 12.4. The molecule has 2 unspecified atom stereocenters. The van der Waals surface area contributed by atoms with Crippen molar-refractivity contribution < 1.29 is 14.0 Å². The van der Waals surface area contributed by atoms with E-state index in [0.29, 0.717) is 17.4 Å². The van der Waals surface area contributed by atoms with Gasteiger partial charge in [-0.25, -0.2) is 0 Å². The lowest BCUT2D eigenvalue weighted by Crippen LogP contribution is -2.43. The number of carbonyl (C=O) groups is 2. The molecule has 6 heteroatoms. The third kappa shape index (κ3) is 3.30. The van der Waals surface area contributed by atoms with E-state index in [1.807, 2.05) is 24.3 Å². The maximum Gasteiger partial charge on any atom is 0.287 e. The van der Waals surface area contributed by atoms with Gasteiger partial charge in [0.05, 0.1) is 0 Å². The zero-order valence-corrected chi connectivity index (χ0v) is 14.1. The van der Waals surface area contributed by atoms with Crippen molar-refractivity contribution in [2.45, 2.75) is 19.4 Å². The van der Waals surface area contributed by atoms with Gasteiger partial charge in [-0.1, -0.05) is 0 Å². The van der Waals surface area contributed by atoms with Crippen molar-refractivity contribution in [2.75, 3.05) is 25.0 Å². The molecule has 130 valence electrons. The second-order valence-corrected chi connectivity index (χ2v) is 6.81. The van der Waals surface area contributed by atoms with Crippen LogP contribution in [-0.2, 0) is 4.79 Å². The fourth-order valence-electron chi connectivity index (χ4n) is 3.72. The summed E-state index contributed by atoms with van der Waals surface area (Å²) in [5.41, 5.74) is 1.59. The largest absolute Gasteiger partial charge is 0.451 e. The van der Waals surface area contributed by atoms with Gasteiger partial charge in [0.15, 0.2) is 5.76 Å². The van der Waals surface area contributed by atoms with Gasteiger partial charge < -0.3 is 20.0 Å². The van der Waals surface area contributed by atoms with Crippen LogP contribution in [0.15, 0.2) is 40.8 Å². The number of furan rings is 1. The fraction of sp³-hybridized carbons (Fsp3) is 0.368. The van der Waals surface area contributed by atoms with Gasteiger partial charge in [0, 0.05) is 37.3 Å². The first-order valence-electron chi connectivity index (χ1n) is 8.59. The third-order valence-electron chi connectivity index (χ3n) is 4.97. The molecule has 2 saturated heterocycles. The molecular formula is C19H21N3O3. The number of carbonyl (C=O) groups excluding carboxylic acids is 2. The molecule has 6 nitrogen and oxygen atoms in total. The Morgan fingerprint density at radius 1 is 1.12 bits per heavy atom. The molecule has 2 aromatic rings. The Labute approximate surface area is 146 Å². The van der Waals surface area contributed by atoms with Crippen LogP contribution in [0.4, 0.5) is 5.69 Å². The summed E-state index contributed by atoms with van der Waals surface area (Å²) >= 11 is 0. The third-order valence-corrected chi connectivity index (χ3v) is 4.97. The van der Waals surface area contributed by atoms with Crippen LogP contribution in [0.1, 0.15) is 23.9 Å². The number of nitrogens with zero attached hydrogens (tertiary/aromatic N) is 1. The normalized spacial score (nSPS) is 24.3. The smallest absolute Gasteiger partial charge is 0.287 e. The predicted octanol–water partition coefficient (Wildman–Crippen LogP) is 2.34. The molecule has 2 aliphatic rings. The lowest BCUT2D eigenvalue weighted by Gasteiger charge is -2.22. The van der Waals surface area contributed by atoms with E-state index in [-0.39, 0.29) is 17.9 Å². The molecule has 1 aromatic heterocycles. The Morgan fingerprint density at radius 2 is 1.92 bits per heavy atom. The number of benzene rings is 1. The van der Waals surface area contributed by atoms with E-state index < -0.39 is 0 Å². The van der Waals surface area contributed by atoms with Gasteiger partial charge in [-0.05, 0) is 55.3 Å². The summed E-state index contributed by atoms with van der Waals surface area (Å²) in [4.78, 5) is 25.9. The minimum absolute atomic E-state index is 0.110. The van der Waals surface area contributed by atoms with Gasteiger partial charge in [-0.3, -0.25) is 9.59 Å². The van der Waals surface area contributed by atoms with Crippen LogP contribution in [0, 0.1) is 5.92 Å². The van der Waals surface area contributed by atoms with Crippen LogP contribution in [0.25, 0.3) is 11.3 Å². The average Bonchev–Trinajstić information content (AvgIpc) is 3.31. The summed E-state index contributed by atoms with van der Waals surface area (Å²) in [5, 5.41) is 5.82. The number of fused-ring (bicyclic) bond motifs is 2. The first kappa shape index (κ1) is 15.9. The second-order valence-electron chi connectivity index (χ2n) is 6.81. The molecule has 2 fully saturated rings. The topological polar surface area (TPSA) is 74.6 Å². The Hall–Kier alpha value is -2.60. The van der Waals surface area contributed by atoms with Crippen molar-refractivity contribution in [1.82, 2.24) is 10.2 Å². The number of anilines is 1. The molecular weight excluding hydrogens is 318 g/mol. The van der Waals surface area contributed by atoms with Crippen molar-refractivity contribution >= 4 is 17.5 Å². The first-order chi connectivity index (χ1) is 12.1. The van der Waals surface area contributed by atoms with Crippen LogP contribution in [0.3, 0.4) is 0 Å². The van der Waals surface area contributed by atoms with Crippen molar-refractivity contribution in [3.8, 4) is 11.3 Å². The highest BCUT2D eigenvalue weighted by molar-refractivity contribution is 5.92. The highest BCUT2D eigenvalue weighted by atomic mass is 16.3. The monoisotopic (exact) mass is 339 g/mol. The summed E-state index contributed by atoms with van der Waals surface area (Å²) in [5.74, 6) is 1.27. The Kier molecular flexibility index (Phi) is 4.05. The quantitative estimate of drug-likeness (QED) is 0.897. The molecule has 2 N–H and O–H groups in total. The molecule has 3 heterocycles. The van der Waals surface area contributed by atoms with Crippen LogP contribution in [-0.4, -0.2) is 42.4 Å². The van der Waals surface area contributed by atoms with E-state index in [9.17, 15) is 9.59 Å². The molecule has 25 heavy (non-hydrogen) atoms. The zero-order chi connectivity index (χ0) is 17.4. The second kappa shape index (κ2) is 6.37. The molecule has 2 amide bonds. The lowest BCUT2D eigenvalue weighted by molar-refractivity contribution is -0.114. The SMILES string of the molecule is CC(=O)Nc1ccc(-c2ccc(C(=O)NC3CN4CC[C@H]3C4)o2)cc1. The summed E-state index contributed by atoms with van der Waals surface area (Å²) in [7, 11) is 0. The number of hydrogen-bond donors (Lipinski definition) is 2. The van der Waals surface area contributed by atoms with Gasteiger partial charge in [0.2, 0.25) is 5.91 Å². The predicted molar refractivity (Wildman–Crippen MR) is 94.2 cm³/mol. The van der Waals surface area contributed by atoms with Crippen molar-refractivity contribution in [1.29, 1.82) is 0 Å². The highest BCUT2D eigenvalue weighted by Gasteiger charge is 2.38. The fourth-order valence-corrected chi connectivity index (χ4v) is 3.72. The first-order valence-corrected chi connectivity index (χ1v) is 8.59. The average molecular weight is 339 g/mol. The van der Waals surface area contributed by atoms with Gasteiger partial charge in [-0.15, -0.1) is 0 Å². The number of hydrogen-bond acceptors (Lipinski definition) is 4. The molecule has 0 radical (unpaired) electrons. The Morgan fingerprint density at radius 3 is 2.56 bits per heavy atom. The number of piperidine rings is 1. The molecule has 0 spiro atoms. The Balaban J connectivity index is 1.42. The van der Waals surface area contributed by atoms with Gasteiger partial charge in [-0.2, -0.15) is 0 Å². The molecule has 2 aliphatic heterocycles. The summed E-state index contributed by atoms with van der Waals surface area (Å²) < 4.78 is 5.73. The van der Waals surface area contributed by atoms with E-state index in [1.165, 1.54) is 6.92 Å². The Bertz CT molecular complexity index is 797. The summed E-state index contributed by atoms with van der Waals surface area (Å²) in [6.45, 7) is 4.65. The van der Waals surface area contributed by atoms with Crippen molar-refractivity contribution in [3.63, 3.8) is 0 Å². The summed E-state index contributed by atoms with van der Waals surface area (Å²) in [6, 6.07) is 11.1. The number of amides is 2. The van der Waals surface area contributed by atoms with Crippen LogP contribution in [0.5, 0.6) is 0 Å². The van der Waals surface area contributed by atoms with Crippen LogP contribution >= 0.6 is 0 Å². The van der Waals surface area contributed by atoms with Crippen LogP contribution < -0.4 is 10.6 Å². The molecule has 1 aromatic carbocycles. The van der Waals surface area contributed by atoms with Gasteiger partial charge >= 0.3 is 0 Å². The summed E-state index contributed by atoms with van der Waals surface area (Å²) in [6.07, 6.45) is 1.16. The molecule has 2 bridgehead atoms. The number of rotatable bonds is 4. The van der Waals surface area contributed by atoms with Crippen LogP contribution in [0.2, 0.25) is 0 Å². The maximum absolute atomic E-state index is 12.4. The van der Waals surface area contributed by atoms with E-state index in [4.69, 9.17) is 4.42 Å². The van der Waals surface area contributed by atoms with E-state index in [1.54, 1.807) is 12.1 Å². The van der Waals surface area contributed by atoms with Gasteiger partial charge in [0.1, 0.15) is 5.76 Å². The van der Waals surface area contributed by atoms with Gasteiger partial charge in [0.25, 0.3) is 5.91 Å². The standard InChI is InChI=1S/C19H21N3O3/c1-12(23)20-15-4-2-13(3-5-15)17-6-7-18(25-17)19(24)21-16-11-22-9-8-14(16)10-22/h2-7,14,16H,8-11H2,1H3,(H,20,23)(H,21,24)/t14-,16?/m0/s1. The highest BCUT2D eigenvalue weighted by Crippen LogP contribution is 2.28. The number of nitrogens with one attached hydrogen (secondary N) is 2.